The highest BCUT2D eigenvalue weighted by molar-refractivity contribution is 5.96. The average Bonchev–Trinajstić information content (AvgIpc) is 2.29. The summed E-state index contributed by atoms with van der Waals surface area (Å²) in [4.78, 5) is 22.1. The number of ether oxygens (including phenoxy) is 1. The lowest BCUT2D eigenvalue weighted by Gasteiger charge is -2.09. The molecule has 5 heteroatoms. The van der Waals surface area contributed by atoms with E-state index in [1.807, 2.05) is 0 Å². The van der Waals surface area contributed by atoms with Crippen LogP contribution in [0.15, 0.2) is 18.2 Å². The van der Waals surface area contributed by atoms with Crippen LogP contribution in [0.4, 0.5) is 5.69 Å². The van der Waals surface area contributed by atoms with Gasteiger partial charge in [0.2, 0.25) is 5.91 Å². The van der Waals surface area contributed by atoms with E-state index in [0.29, 0.717) is 5.75 Å². The summed E-state index contributed by atoms with van der Waals surface area (Å²) in [7, 11) is 1.42. The summed E-state index contributed by atoms with van der Waals surface area (Å²) in [6.45, 7) is 0. The van der Waals surface area contributed by atoms with Gasteiger partial charge in [0.05, 0.1) is 24.8 Å². The van der Waals surface area contributed by atoms with Crippen LogP contribution in [0.1, 0.15) is 16.8 Å². The Kier molecular flexibility index (Phi) is 4.12. The first-order valence-corrected chi connectivity index (χ1v) is 4.73. The molecule has 0 spiro atoms. The fourth-order valence-corrected chi connectivity index (χ4v) is 1.23. The van der Waals surface area contributed by atoms with Gasteiger partial charge >= 0.3 is 5.97 Å². The van der Waals surface area contributed by atoms with E-state index >= 15 is 0 Å². The molecular weight excluding hydrogens is 222 g/mol. The van der Waals surface area contributed by atoms with Gasteiger partial charge in [0.25, 0.3) is 0 Å². The van der Waals surface area contributed by atoms with Crippen molar-refractivity contribution in [2.24, 2.45) is 0 Å². The molecule has 0 aromatic heterocycles. The molecule has 0 radical (unpaired) electrons. The van der Waals surface area contributed by atoms with Crippen LogP contribution in [-0.2, 0) is 4.79 Å². The maximum absolute atomic E-state index is 11.3. The second-order valence-corrected chi connectivity index (χ2v) is 3.15. The molecule has 2 N–H and O–H groups in total. The maximum Gasteiger partial charge on any atom is 0.335 e. The molecule has 0 heterocycles. The highest BCUT2D eigenvalue weighted by Crippen LogP contribution is 2.25. The number of aromatic carboxylic acids is 1. The minimum Gasteiger partial charge on any atom is -0.495 e. The van der Waals surface area contributed by atoms with Crippen LogP contribution in [0.5, 0.6) is 5.75 Å². The van der Waals surface area contributed by atoms with Crippen LogP contribution in [0, 0.1) is 12.3 Å². The van der Waals surface area contributed by atoms with Crippen molar-refractivity contribution in [1.29, 1.82) is 0 Å². The number of anilines is 1. The zero-order chi connectivity index (χ0) is 12.8. The van der Waals surface area contributed by atoms with Crippen LogP contribution in [0.3, 0.4) is 0 Å². The normalized spacial score (nSPS) is 9.18. The molecule has 17 heavy (non-hydrogen) atoms. The summed E-state index contributed by atoms with van der Waals surface area (Å²) < 4.78 is 5.00. The fraction of sp³-hybridized carbons (Fsp3) is 0.167. The minimum absolute atomic E-state index is 0.0572. The van der Waals surface area contributed by atoms with Crippen LogP contribution in [-0.4, -0.2) is 24.1 Å². The van der Waals surface area contributed by atoms with E-state index in [4.69, 9.17) is 16.3 Å². The molecule has 88 valence electrons. The molecule has 1 rings (SSSR count). The van der Waals surface area contributed by atoms with Crippen molar-refractivity contribution < 1.29 is 19.4 Å². The fourth-order valence-electron chi connectivity index (χ4n) is 1.23. The lowest BCUT2D eigenvalue weighted by molar-refractivity contribution is -0.115. The summed E-state index contributed by atoms with van der Waals surface area (Å²) in [5.41, 5.74) is 0.342. The number of carbonyl (C=O) groups excluding carboxylic acids is 1. The standard InChI is InChI=1S/C12H11NO4/c1-3-4-11(14)13-9-7-8(12(15)16)5-6-10(9)17-2/h1,5-7H,4H2,2H3,(H,13,14)(H,15,16). The Morgan fingerprint density at radius 3 is 2.76 bits per heavy atom. The van der Waals surface area contributed by atoms with Crippen molar-refractivity contribution in [3.8, 4) is 18.1 Å². The van der Waals surface area contributed by atoms with Crippen molar-refractivity contribution >= 4 is 17.6 Å². The first kappa shape index (κ1) is 12.6. The number of amides is 1. The number of benzene rings is 1. The first-order chi connectivity index (χ1) is 8.08. The smallest absolute Gasteiger partial charge is 0.335 e. The van der Waals surface area contributed by atoms with Gasteiger partial charge in [0, 0.05) is 0 Å². The summed E-state index contributed by atoms with van der Waals surface area (Å²) in [6.07, 6.45) is 4.91. The van der Waals surface area contributed by atoms with E-state index in [9.17, 15) is 9.59 Å². The Morgan fingerprint density at radius 2 is 2.24 bits per heavy atom. The van der Waals surface area contributed by atoms with Crippen LogP contribution in [0.25, 0.3) is 0 Å². The molecule has 5 nitrogen and oxygen atoms in total. The Balaban J connectivity index is 3.02. The van der Waals surface area contributed by atoms with Crippen molar-refractivity contribution in [2.75, 3.05) is 12.4 Å². The van der Waals surface area contributed by atoms with Crippen LogP contribution >= 0.6 is 0 Å². The number of carbonyl (C=O) groups is 2. The van der Waals surface area contributed by atoms with Crippen molar-refractivity contribution in [3.63, 3.8) is 0 Å². The largest absolute Gasteiger partial charge is 0.495 e. The number of carboxylic acids is 1. The van der Waals surface area contributed by atoms with Gasteiger partial charge in [-0.05, 0) is 18.2 Å². The van der Waals surface area contributed by atoms with Crippen molar-refractivity contribution in [1.82, 2.24) is 0 Å². The monoisotopic (exact) mass is 233 g/mol. The SMILES string of the molecule is C#CCC(=O)Nc1cc(C(=O)O)ccc1OC. The number of nitrogens with one attached hydrogen (secondary N) is 1. The number of rotatable bonds is 4. The van der Waals surface area contributed by atoms with E-state index < -0.39 is 11.9 Å². The molecule has 0 bridgehead atoms. The Bertz CT molecular complexity index is 488. The molecule has 1 aromatic rings. The highest BCUT2D eigenvalue weighted by atomic mass is 16.5. The zero-order valence-corrected chi connectivity index (χ0v) is 9.19. The third-order valence-electron chi connectivity index (χ3n) is 1.98. The van der Waals surface area contributed by atoms with Crippen molar-refractivity contribution in [3.05, 3.63) is 23.8 Å². The third kappa shape index (κ3) is 3.24. The van der Waals surface area contributed by atoms with E-state index in [1.54, 1.807) is 0 Å². The first-order valence-electron chi connectivity index (χ1n) is 4.73. The summed E-state index contributed by atoms with van der Waals surface area (Å²) in [5, 5.41) is 11.3. The zero-order valence-electron chi connectivity index (χ0n) is 9.19. The highest BCUT2D eigenvalue weighted by Gasteiger charge is 2.10. The molecule has 0 unspecified atom stereocenters. The van der Waals surface area contributed by atoms with Gasteiger partial charge in [-0.1, -0.05) is 5.92 Å². The number of hydrogen-bond acceptors (Lipinski definition) is 3. The van der Waals surface area contributed by atoms with E-state index in [2.05, 4.69) is 11.2 Å². The summed E-state index contributed by atoms with van der Waals surface area (Å²) in [5.74, 6) is 1.09. The van der Waals surface area contributed by atoms with Crippen LogP contribution < -0.4 is 10.1 Å². The quantitative estimate of drug-likeness (QED) is 0.770. The average molecular weight is 233 g/mol. The Morgan fingerprint density at radius 1 is 1.53 bits per heavy atom. The van der Waals surface area contributed by atoms with Gasteiger partial charge in [-0.25, -0.2) is 4.79 Å². The molecule has 0 fully saturated rings. The number of methoxy groups -OCH3 is 1. The third-order valence-corrected chi connectivity index (χ3v) is 1.98. The van der Waals surface area contributed by atoms with Gasteiger partial charge in [-0.15, -0.1) is 6.42 Å². The van der Waals surface area contributed by atoms with Crippen LogP contribution in [0.2, 0.25) is 0 Å². The van der Waals surface area contributed by atoms with Gasteiger partial charge in [-0.2, -0.15) is 0 Å². The van der Waals surface area contributed by atoms with Crippen molar-refractivity contribution in [2.45, 2.75) is 6.42 Å². The van der Waals surface area contributed by atoms with E-state index in [-0.39, 0.29) is 17.7 Å². The number of hydrogen-bond donors (Lipinski definition) is 2. The van der Waals surface area contributed by atoms with Gasteiger partial charge < -0.3 is 15.2 Å². The van der Waals surface area contributed by atoms with E-state index in [0.717, 1.165) is 0 Å². The number of carboxylic acid groups (broad SMARTS) is 1. The molecule has 0 saturated heterocycles. The van der Waals surface area contributed by atoms with Gasteiger partial charge in [0.15, 0.2) is 0 Å². The maximum atomic E-state index is 11.3. The summed E-state index contributed by atoms with van der Waals surface area (Å²) >= 11 is 0. The second-order valence-electron chi connectivity index (χ2n) is 3.15. The molecule has 1 amide bonds. The predicted octanol–water partition coefficient (Wildman–Crippen LogP) is 1.36. The molecular formula is C12H11NO4. The Labute approximate surface area is 98.4 Å². The molecule has 0 aliphatic rings. The second kappa shape index (κ2) is 5.56. The topological polar surface area (TPSA) is 75.6 Å². The molecule has 0 aliphatic carbocycles. The molecule has 0 atom stereocenters. The predicted molar refractivity (Wildman–Crippen MR) is 62.0 cm³/mol. The lowest BCUT2D eigenvalue weighted by Crippen LogP contribution is -2.12. The van der Waals surface area contributed by atoms with Gasteiger partial charge in [0.1, 0.15) is 5.75 Å². The summed E-state index contributed by atoms with van der Waals surface area (Å²) in [6, 6.07) is 4.17. The number of terminal acetylenes is 1. The molecule has 1 aromatic carbocycles. The van der Waals surface area contributed by atoms with E-state index in [1.165, 1.54) is 25.3 Å². The lowest BCUT2D eigenvalue weighted by atomic mass is 10.2. The minimum atomic E-state index is -1.08. The van der Waals surface area contributed by atoms with Gasteiger partial charge in [-0.3, -0.25) is 4.79 Å². The molecule has 0 saturated carbocycles. The molecule has 0 aliphatic heterocycles. The Hall–Kier alpha value is -2.48.